The van der Waals surface area contributed by atoms with E-state index in [0.717, 1.165) is 10.6 Å². The summed E-state index contributed by atoms with van der Waals surface area (Å²) in [5.41, 5.74) is 7.47. The third kappa shape index (κ3) is 2.65. The van der Waals surface area contributed by atoms with Gasteiger partial charge in [0.2, 0.25) is 0 Å². The number of nitrogens with two attached hydrogens (primary N) is 1. The van der Waals surface area contributed by atoms with E-state index in [0.29, 0.717) is 11.3 Å². The maximum absolute atomic E-state index is 11.9. The molecule has 0 atom stereocenters. The Morgan fingerprint density at radius 3 is 2.79 bits per heavy atom. The first-order valence-corrected chi connectivity index (χ1v) is 6.47. The number of hydrogen-bond acceptors (Lipinski definition) is 5. The lowest BCUT2D eigenvalue weighted by atomic mass is 10.2. The van der Waals surface area contributed by atoms with Crippen LogP contribution in [0.1, 0.15) is 26.6 Å². The molecule has 0 bridgehead atoms. The van der Waals surface area contributed by atoms with Crippen LogP contribution in [0, 0.1) is 13.8 Å². The predicted octanol–water partition coefficient (Wildman–Crippen LogP) is 1.58. The summed E-state index contributed by atoms with van der Waals surface area (Å²) in [6.07, 6.45) is 0. The molecule has 100 valence electrons. The Labute approximate surface area is 114 Å². The second-order valence-electron chi connectivity index (χ2n) is 4.00. The lowest BCUT2D eigenvalue weighted by molar-refractivity contribution is 0.0514. The van der Waals surface area contributed by atoms with Crippen LogP contribution in [-0.2, 0) is 11.9 Å². The van der Waals surface area contributed by atoms with Crippen LogP contribution >= 0.6 is 11.3 Å². The maximum Gasteiger partial charge on any atom is 0.369 e. The SMILES string of the molecule is Cc1nn(C)c(C)c1C(=O)O/N=C(\N)c1cccs1. The minimum absolute atomic E-state index is 0.183. The zero-order valence-corrected chi connectivity index (χ0v) is 11.7. The van der Waals surface area contributed by atoms with E-state index in [-0.39, 0.29) is 5.84 Å². The summed E-state index contributed by atoms with van der Waals surface area (Å²) in [4.78, 5) is 17.6. The molecular formula is C12H14N4O2S. The molecule has 2 aromatic rings. The normalized spacial score (nSPS) is 11.6. The topological polar surface area (TPSA) is 82.5 Å². The molecular weight excluding hydrogens is 264 g/mol. The highest BCUT2D eigenvalue weighted by Gasteiger charge is 2.19. The third-order valence-electron chi connectivity index (χ3n) is 2.71. The largest absolute Gasteiger partial charge is 0.380 e. The summed E-state index contributed by atoms with van der Waals surface area (Å²) in [5, 5.41) is 9.67. The standard InChI is InChI=1S/C12H14N4O2S/c1-7-10(8(2)16(3)14-7)12(17)18-15-11(13)9-5-4-6-19-9/h4-6H,1-3H3,(H2,13,15). The van der Waals surface area contributed by atoms with E-state index in [1.54, 1.807) is 31.6 Å². The number of aryl methyl sites for hydroxylation is 2. The highest BCUT2D eigenvalue weighted by Crippen LogP contribution is 2.14. The van der Waals surface area contributed by atoms with E-state index in [1.165, 1.54) is 11.3 Å². The summed E-state index contributed by atoms with van der Waals surface area (Å²) in [6, 6.07) is 3.65. The molecule has 0 saturated carbocycles. The van der Waals surface area contributed by atoms with Crippen LogP contribution in [0.3, 0.4) is 0 Å². The number of carbonyl (C=O) groups is 1. The Balaban J connectivity index is 2.16. The van der Waals surface area contributed by atoms with Gasteiger partial charge in [-0.05, 0) is 25.3 Å². The van der Waals surface area contributed by atoms with E-state index in [1.807, 2.05) is 11.4 Å². The first-order chi connectivity index (χ1) is 9.00. The van der Waals surface area contributed by atoms with Crippen molar-refractivity contribution < 1.29 is 9.63 Å². The van der Waals surface area contributed by atoms with Crippen LogP contribution in [-0.4, -0.2) is 21.6 Å². The Bertz CT molecular complexity index is 628. The number of nitrogens with zero attached hydrogens (tertiary/aromatic N) is 3. The lowest BCUT2D eigenvalue weighted by Crippen LogP contribution is -2.14. The molecule has 2 N–H and O–H groups in total. The van der Waals surface area contributed by atoms with Crippen molar-refractivity contribution in [1.29, 1.82) is 0 Å². The number of oxime groups is 1. The van der Waals surface area contributed by atoms with Gasteiger partial charge in [0.25, 0.3) is 0 Å². The van der Waals surface area contributed by atoms with Crippen molar-refractivity contribution in [3.05, 3.63) is 39.3 Å². The molecule has 0 aliphatic heterocycles. The summed E-state index contributed by atoms with van der Waals surface area (Å²) in [5.74, 6) is -0.370. The van der Waals surface area contributed by atoms with Gasteiger partial charge in [0.05, 0.1) is 10.6 Å². The Morgan fingerprint density at radius 2 is 2.26 bits per heavy atom. The molecule has 0 aliphatic rings. The number of carbonyl (C=O) groups excluding carboxylic acids is 1. The van der Waals surface area contributed by atoms with E-state index in [4.69, 9.17) is 10.6 Å². The molecule has 0 aliphatic carbocycles. The van der Waals surface area contributed by atoms with Crippen molar-refractivity contribution >= 4 is 23.1 Å². The quantitative estimate of drug-likeness (QED) is 0.400. The summed E-state index contributed by atoms with van der Waals surface area (Å²) in [6.45, 7) is 3.54. The van der Waals surface area contributed by atoms with Gasteiger partial charge in [-0.25, -0.2) is 4.79 Å². The smallest absolute Gasteiger partial charge is 0.369 e. The van der Waals surface area contributed by atoms with Gasteiger partial charge in [0.15, 0.2) is 5.84 Å². The minimum atomic E-state index is -0.553. The lowest BCUT2D eigenvalue weighted by Gasteiger charge is -2.00. The molecule has 19 heavy (non-hydrogen) atoms. The Morgan fingerprint density at radius 1 is 1.53 bits per heavy atom. The molecule has 0 saturated heterocycles. The molecule has 0 spiro atoms. The number of hydrogen-bond donors (Lipinski definition) is 1. The average Bonchev–Trinajstić information content (AvgIpc) is 2.96. The number of rotatable bonds is 3. The molecule has 2 heterocycles. The summed E-state index contributed by atoms with van der Waals surface area (Å²) in [7, 11) is 1.77. The van der Waals surface area contributed by atoms with E-state index < -0.39 is 5.97 Å². The van der Waals surface area contributed by atoms with Crippen LogP contribution < -0.4 is 5.73 Å². The van der Waals surface area contributed by atoms with Crippen LogP contribution in [0.15, 0.2) is 22.7 Å². The molecule has 0 fully saturated rings. The second-order valence-corrected chi connectivity index (χ2v) is 4.95. The van der Waals surface area contributed by atoms with Crippen LogP contribution in [0.4, 0.5) is 0 Å². The third-order valence-corrected chi connectivity index (χ3v) is 3.61. The molecule has 2 aromatic heterocycles. The van der Waals surface area contributed by atoms with Crippen LogP contribution in [0.5, 0.6) is 0 Å². The summed E-state index contributed by atoms with van der Waals surface area (Å²) >= 11 is 1.43. The van der Waals surface area contributed by atoms with E-state index in [9.17, 15) is 4.79 Å². The van der Waals surface area contributed by atoms with Crippen molar-refractivity contribution in [2.75, 3.05) is 0 Å². The molecule has 0 radical (unpaired) electrons. The molecule has 6 nitrogen and oxygen atoms in total. The first kappa shape index (κ1) is 13.3. The monoisotopic (exact) mass is 278 g/mol. The van der Waals surface area contributed by atoms with Crippen molar-refractivity contribution in [1.82, 2.24) is 9.78 Å². The zero-order chi connectivity index (χ0) is 14.0. The number of amidine groups is 1. The summed E-state index contributed by atoms with van der Waals surface area (Å²) < 4.78 is 1.62. The molecule has 2 rings (SSSR count). The molecule has 7 heteroatoms. The molecule has 0 unspecified atom stereocenters. The van der Waals surface area contributed by atoms with Crippen molar-refractivity contribution in [2.24, 2.45) is 17.9 Å². The van der Waals surface area contributed by atoms with Crippen LogP contribution in [0.2, 0.25) is 0 Å². The second kappa shape index (κ2) is 5.23. The van der Waals surface area contributed by atoms with Gasteiger partial charge in [-0.2, -0.15) is 5.10 Å². The molecule has 0 aromatic carbocycles. The first-order valence-electron chi connectivity index (χ1n) is 5.59. The highest BCUT2D eigenvalue weighted by atomic mass is 32.1. The number of thiophene rings is 1. The highest BCUT2D eigenvalue weighted by molar-refractivity contribution is 7.12. The van der Waals surface area contributed by atoms with Gasteiger partial charge in [0, 0.05) is 12.7 Å². The van der Waals surface area contributed by atoms with Crippen molar-refractivity contribution in [3.8, 4) is 0 Å². The van der Waals surface area contributed by atoms with Gasteiger partial charge in [0.1, 0.15) is 5.56 Å². The predicted molar refractivity (Wildman–Crippen MR) is 73.1 cm³/mol. The van der Waals surface area contributed by atoms with E-state index >= 15 is 0 Å². The van der Waals surface area contributed by atoms with Crippen molar-refractivity contribution in [2.45, 2.75) is 13.8 Å². The Kier molecular flexibility index (Phi) is 3.66. The Hall–Kier alpha value is -2.15. The maximum atomic E-state index is 11.9. The minimum Gasteiger partial charge on any atom is -0.380 e. The molecule has 0 amide bonds. The average molecular weight is 278 g/mol. The fourth-order valence-electron chi connectivity index (χ4n) is 1.67. The van der Waals surface area contributed by atoms with Gasteiger partial charge in [-0.3, -0.25) is 4.68 Å². The number of aromatic nitrogens is 2. The van der Waals surface area contributed by atoms with Crippen LogP contribution in [0.25, 0.3) is 0 Å². The fraction of sp³-hybridized carbons (Fsp3) is 0.250. The van der Waals surface area contributed by atoms with Gasteiger partial charge in [-0.15, -0.1) is 11.3 Å². The van der Waals surface area contributed by atoms with E-state index in [2.05, 4.69) is 10.3 Å². The zero-order valence-electron chi connectivity index (χ0n) is 10.9. The van der Waals surface area contributed by atoms with Gasteiger partial charge < -0.3 is 10.6 Å². The van der Waals surface area contributed by atoms with Crippen molar-refractivity contribution in [3.63, 3.8) is 0 Å². The van der Waals surface area contributed by atoms with Gasteiger partial charge >= 0.3 is 5.97 Å². The fourth-order valence-corrected chi connectivity index (χ4v) is 2.29. The van der Waals surface area contributed by atoms with Gasteiger partial charge in [-0.1, -0.05) is 11.2 Å².